The van der Waals surface area contributed by atoms with Crippen molar-refractivity contribution in [2.45, 2.75) is 6.10 Å². The molecule has 1 saturated heterocycles. The van der Waals surface area contributed by atoms with Crippen LogP contribution < -0.4 is 0 Å². The maximum Gasteiger partial charge on any atom is 0.322 e. The fourth-order valence-corrected chi connectivity index (χ4v) is 0.851. The minimum atomic E-state index is -0.486. The van der Waals surface area contributed by atoms with Gasteiger partial charge in [-0.2, -0.15) is 5.06 Å². The highest BCUT2D eigenvalue weighted by Gasteiger charge is 2.23. The first kappa shape index (κ1) is 8.45. The lowest BCUT2D eigenvalue weighted by atomic mass is 10.4. The first-order valence-corrected chi connectivity index (χ1v) is 3.35. The van der Waals surface area contributed by atoms with E-state index in [1.165, 1.54) is 12.2 Å². The summed E-state index contributed by atoms with van der Waals surface area (Å²) < 4.78 is 4.41. The summed E-state index contributed by atoms with van der Waals surface area (Å²) in [5.41, 5.74) is 0. The van der Waals surface area contributed by atoms with E-state index < -0.39 is 6.10 Å². The molecule has 1 aliphatic heterocycles. The molecule has 5 nitrogen and oxygen atoms in total. The number of esters is 1. The van der Waals surface area contributed by atoms with E-state index in [1.54, 1.807) is 0 Å². The maximum atomic E-state index is 10.6. The Morgan fingerprint density at radius 1 is 1.91 bits per heavy atom. The second-order valence-electron chi connectivity index (χ2n) is 2.35. The van der Waals surface area contributed by atoms with Gasteiger partial charge in [-0.25, -0.2) is 0 Å². The normalized spacial score (nSPS) is 25.5. The zero-order chi connectivity index (χ0) is 8.27. The van der Waals surface area contributed by atoms with E-state index in [0.29, 0.717) is 6.54 Å². The molecule has 1 fully saturated rings. The smallest absolute Gasteiger partial charge is 0.322 e. The van der Waals surface area contributed by atoms with Crippen molar-refractivity contribution in [2.24, 2.45) is 0 Å². The highest BCUT2D eigenvalue weighted by molar-refractivity contribution is 5.71. The van der Waals surface area contributed by atoms with E-state index >= 15 is 0 Å². The number of carbonyl (C=O) groups excluding carboxylic acids is 1. The van der Waals surface area contributed by atoms with Crippen LogP contribution in [0.5, 0.6) is 0 Å². The van der Waals surface area contributed by atoms with Crippen LogP contribution in [-0.4, -0.2) is 49.0 Å². The number of β-amino-alcohol motifs (C(OH)–C–C–N with tert-alkyl or cyclic N) is 1. The molecular formula is C6H11NO4. The van der Waals surface area contributed by atoms with E-state index in [4.69, 9.17) is 9.94 Å². The molecule has 0 amide bonds. The lowest BCUT2D eigenvalue weighted by Crippen LogP contribution is -2.28. The number of aliphatic hydroxyl groups is 1. The average Bonchev–Trinajstić information content (AvgIpc) is 2.35. The summed E-state index contributed by atoms with van der Waals surface area (Å²) in [7, 11) is 1.31. The van der Waals surface area contributed by atoms with Crippen molar-refractivity contribution in [1.82, 2.24) is 5.06 Å². The highest BCUT2D eigenvalue weighted by atomic mass is 16.7. The van der Waals surface area contributed by atoms with E-state index in [0.717, 1.165) is 0 Å². The van der Waals surface area contributed by atoms with Crippen molar-refractivity contribution in [2.75, 3.05) is 26.8 Å². The number of rotatable bonds is 2. The Kier molecular flexibility index (Phi) is 2.81. The van der Waals surface area contributed by atoms with Gasteiger partial charge in [0.1, 0.15) is 6.54 Å². The van der Waals surface area contributed by atoms with Crippen molar-refractivity contribution in [3.05, 3.63) is 0 Å². The molecule has 1 N–H and O–H groups in total. The van der Waals surface area contributed by atoms with Crippen LogP contribution in [0.25, 0.3) is 0 Å². The van der Waals surface area contributed by atoms with Gasteiger partial charge in [0.2, 0.25) is 0 Å². The van der Waals surface area contributed by atoms with Gasteiger partial charge >= 0.3 is 5.97 Å². The molecule has 0 aliphatic carbocycles. The second-order valence-corrected chi connectivity index (χ2v) is 2.35. The minimum Gasteiger partial charge on any atom is -0.468 e. The number of hydrogen-bond donors (Lipinski definition) is 1. The fourth-order valence-electron chi connectivity index (χ4n) is 0.851. The number of hydroxylamine groups is 2. The van der Waals surface area contributed by atoms with Gasteiger partial charge in [-0.15, -0.1) is 0 Å². The zero-order valence-electron chi connectivity index (χ0n) is 6.32. The predicted octanol–water partition coefficient (Wildman–Crippen LogP) is -1.23. The molecule has 1 rings (SSSR count). The fraction of sp³-hybridized carbons (Fsp3) is 0.833. The van der Waals surface area contributed by atoms with Crippen LogP contribution in [0.15, 0.2) is 0 Å². The van der Waals surface area contributed by atoms with Gasteiger partial charge in [-0.1, -0.05) is 0 Å². The molecule has 0 spiro atoms. The SMILES string of the molecule is COC(=O)CN1CC(O)CO1. The van der Waals surface area contributed by atoms with Crippen LogP contribution in [0.2, 0.25) is 0 Å². The van der Waals surface area contributed by atoms with E-state index in [2.05, 4.69) is 4.74 Å². The zero-order valence-corrected chi connectivity index (χ0v) is 6.32. The summed E-state index contributed by atoms with van der Waals surface area (Å²) in [6, 6.07) is 0. The van der Waals surface area contributed by atoms with E-state index in [1.807, 2.05) is 0 Å². The summed E-state index contributed by atoms with van der Waals surface area (Å²) >= 11 is 0. The summed E-state index contributed by atoms with van der Waals surface area (Å²) in [5.74, 6) is -0.362. The van der Waals surface area contributed by atoms with E-state index in [-0.39, 0.29) is 19.1 Å². The summed E-state index contributed by atoms with van der Waals surface area (Å²) in [6.45, 7) is 0.708. The Hall–Kier alpha value is -0.650. The molecule has 11 heavy (non-hydrogen) atoms. The quantitative estimate of drug-likeness (QED) is 0.514. The monoisotopic (exact) mass is 161 g/mol. The number of nitrogens with zero attached hydrogens (tertiary/aromatic N) is 1. The second kappa shape index (κ2) is 3.66. The topological polar surface area (TPSA) is 59.0 Å². The molecule has 64 valence electrons. The molecule has 0 bridgehead atoms. The maximum absolute atomic E-state index is 10.6. The third kappa shape index (κ3) is 2.45. The lowest BCUT2D eigenvalue weighted by molar-refractivity contribution is -0.159. The first-order valence-electron chi connectivity index (χ1n) is 3.35. The van der Waals surface area contributed by atoms with Crippen molar-refractivity contribution < 1.29 is 19.5 Å². The molecule has 1 atom stereocenters. The largest absolute Gasteiger partial charge is 0.468 e. The van der Waals surface area contributed by atoms with Crippen LogP contribution in [0.4, 0.5) is 0 Å². The van der Waals surface area contributed by atoms with Gasteiger partial charge < -0.3 is 9.84 Å². The standard InChI is InChI=1S/C6H11NO4/c1-10-6(9)3-7-2-5(8)4-11-7/h5,8H,2-4H2,1H3. The number of aliphatic hydroxyl groups excluding tert-OH is 1. The number of ether oxygens (including phenoxy) is 1. The number of carbonyl (C=O) groups is 1. The molecule has 1 aliphatic rings. The Bertz CT molecular complexity index is 150. The van der Waals surface area contributed by atoms with Gasteiger partial charge in [0.25, 0.3) is 0 Å². The van der Waals surface area contributed by atoms with Crippen LogP contribution in [-0.2, 0) is 14.4 Å². The third-order valence-electron chi connectivity index (χ3n) is 1.40. The highest BCUT2D eigenvalue weighted by Crippen LogP contribution is 2.04. The molecule has 0 saturated carbocycles. The Labute approximate surface area is 64.5 Å². The van der Waals surface area contributed by atoms with Gasteiger partial charge in [0.05, 0.1) is 26.4 Å². The first-order chi connectivity index (χ1) is 5.22. The molecule has 5 heteroatoms. The molecule has 0 aromatic carbocycles. The van der Waals surface area contributed by atoms with Crippen molar-refractivity contribution in [1.29, 1.82) is 0 Å². The van der Waals surface area contributed by atoms with Crippen molar-refractivity contribution in [3.8, 4) is 0 Å². The number of methoxy groups -OCH3 is 1. The van der Waals surface area contributed by atoms with Crippen molar-refractivity contribution in [3.63, 3.8) is 0 Å². The predicted molar refractivity (Wildman–Crippen MR) is 35.5 cm³/mol. The summed E-state index contributed by atoms with van der Waals surface area (Å²) in [6.07, 6.45) is -0.486. The molecular weight excluding hydrogens is 150 g/mol. The average molecular weight is 161 g/mol. The molecule has 0 radical (unpaired) electrons. The van der Waals surface area contributed by atoms with Crippen molar-refractivity contribution >= 4 is 5.97 Å². The van der Waals surface area contributed by atoms with Gasteiger partial charge in [0, 0.05) is 0 Å². The van der Waals surface area contributed by atoms with Gasteiger partial charge in [-0.05, 0) is 0 Å². The van der Waals surface area contributed by atoms with Gasteiger partial charge in [0.15, 0.2) is 0 Å². The molecule has 0 aromatic heterocycles. The van der Waals surface area contributed by atoms with Crippen LogP contribution >= 0.6 is 0 Å². The molecule has 1 heterocycles. The minimum absolute atomic E-state index is 0.0769. The van der Waals surface area contributed by atoms with Gasteiger partial charge in [-0.3, -0.25) is 9.63 Å². The van der Waals surface area contributed by atoms with E-state index in [9.17, 15) is 4.79 Å². The summed E-state index contributed by atoms with van der Waals surface area (Å²) in [5, 5.41) is 10.4. The Balaban J connectivity index is 2.23. The Morgan fingerprint density at radius 3 is 3.09 bits per heavy atom. The number of hydrogen-bond acceptors (Lipinski definition) is 5. The van der Waals surface area contributed by atoms with Crippen LogP contribution in [0.3, 0.4) is 0 Å². The third-order valence-corrected chi connectivity index (χ3v) is 1.40. The van der Waals surface area contributed by atoms with Crippen LogP contribution in [0, 0.1) is 0 Å². The lowest BCUT2D eigenvalue weighted by Gasteiger charge is -2.10. The molecule has 0 aromatic rings. The molecule has 1 unspecified atom stereocenters. The Morgan fingerprint density at radius 2 is 2.64 bits per heavy atom. The van der Waals surface area contributed by atoms with Crippen LogP contribution in [0.1, 0.15) is 0 Å². The summed E-state index contributed by atoms with van der Waals surface area (Å²) in [4.78, 5) is 15.6.